The first-order valence-electron chi connectivity index (χ1n) is 3.00. The van der Waals surface area contributed by atoms with Crippen LogP contribution in [0.5, 0.6) is 0 Å². The Balaban J connectivity index is 3.61. The molecule has 60 valence electrons. The lowest BCUT2D eigenvalue weighted by atomic mass is 10.3. The number of carboxylic acid groups (broad SMARTS) is 1. The minimum atomic E-state index is -0.952. The van der Waals surface area contributed by atoms with E-state index in [9.17, 15) is 4.79 Å². The van der Waals surface area contributed by atoms with Crippen molar-refractivity contribution >= 4 is 5.97 Å². The summed E-state index contributed by atoms with van der Waals surface area (Å²) in [6.45, 7) is 2.38. The summed E-state index contributed by atoms with van der Waals surface area (Å²) >= 11 is 0. The van der Waals surface area contributed by atoms with Crippen molar-refractivity contribution in [2.24, 2.45) is 5.90 Å². The molecule has 0 aliphatic rings. The average Bonchev–Trinajstić information content (AvgIpc) is 1.87. The normalized spacial score (nSPS) is 13.0. The molecule has 0 aliphatic carbocycles. The molecule has 0 bridgehead atoms. The highest BCUT2D eigenvalue weighted by Crippen LogP contribution is 1.82. The van der Waals surface area contributed by atoms with E-state index in [-0.39, 0.29) is 6.61 Å². The van der Waals surface area contributed by atoms with Crippen LogP contribution in [-0.4, -0.2) is 30.3 Å². The molecule has 5 heteroatoms. The van der Waals surface area contributed by atoms with Gasteiger partial charge in [-0.15, -0.1) is 0 Å². The van der Waals surface area contributed by atoms with Gasteiger partial charge in [0.1, 0.15) is 6.04 Å². The van der Waals surface area contributed by atoms with Gasteiger partial charge in [-0.3, -0.25) is 4.79 Å². The third kappa shape index (κ3) is 3.39. The molecule has 0 aromatic rings. The molecule has 0 rings (SSSR count). The van der Waals surface area contributed by atoms with E-state index >= 15 is 0 Å². The van der Waals surface area contributed by atoms with Crippen molar-refractivity contribution < 1.29 is 14.7 Å². The van der Waals surface area contributed by atoms with Gasteiger partial charge in [0.05, 0.1) is 6.61 Å². The number of rotatable bonds is 5. The van der Waals surface area contributed by atoms with Crippen LogP contribution in [0.3, 0.4) is 0 Å². The van der Waals surface area contributed by atoms with Gasteiger partial charge in [-0.2, -0.15) is 0 Å². The van der Waals surface area contributed by atoms with Gasteiger partial charge in [-0.05, 0) is 6.54 Å². The van der Waals surface area contributed by atoms with Crippen molar-refractivity contribution in [1.29, 1.82) is 0 Å². The number of nitrogens with one attached hydrogen (secondary N) is 1. The lowest BCUT2D eigenvalue weighted by Gasteiger charge is -2.09. The third-order valence-corrected chi connectivity index (χ3v) is 1.01. The highest BCUT2D eigenvalue weighted by atomic mass is 16.6. The van der Waals surface area contributed by atoms with Crippen molar-refractivity contribution in [2.45, 2.75) is 13.0 Å². The van der Waals surface area contributed by atoms with Crippen LogP contribution in [-0.2, 0) is 9.63 Å². The van der Waals surface area contributed by atoms with E-state index in [0.29, 0.717) is 6.54 Å². The summed E-state index contributed by atoms with van der Waals surface area (Å²) in [5, 5.41) is 11.1. The first kappa shape index (κ1) is 9.35. The molecule has 10 heavy (non-hydrogen) atoms. The smallest absolute Gasteiger partial charge is 0.323 e. The predicted molar refractivity (Wildman–Crippen MR) is 35.2 cm³/mol. The molecule has 0 radical (unpaired) electrons. The topological polar surface area (TPSA) is 84.6 Å². The molecule has 5 nitrogen and oxygen atoms in total. The second kappa shape index (κ2) is 5.16. The standard InChI is InChI=1S/C5H12N2O3/c1-2-7-4(3-10-6)5(8)9/h4,7H,2-3,6H2,1H3,(H,8,9). The van der Waals surface area contributed by atoms with Gasteiger partial charge >= 0.3 is 5.97 Å². The predicted octanol–water partition coefficient (Wildman–Crippen LogP) is -1.06. The minimum Gasteiger partial charge on any atom is -0.480 e. The molecule has 0 aliphatic heterocycles. The van der Waals surface area contributed by atoms with E-state index in [1.807, 2.05) is 6.92 Å². The number of aliphatic carboxylic acids is 1. The Morgan fingerprint density at radius 3 is 2.80 bits per heavy atom. The van der Waals surface area contributed by atoms with Gasteiger partial charge < -0.3 is 15.3 Å². The van der Waals surface area contributed by atoms with Gasteiger partial charge in [-0.1, -0.05) is 6.92 Å². The number of hydrogen-bond acceptors (Lipinski definition) is 4. The quantitative estimate of drug-likeness (QED) is 0.433. The fourth-order valence-electron chi connectivity index (χ4n) is 0.560. The van der Waals surface area contributed by atoms with Crippen molar-refractivity contribution in [3.05, 3.63) is 0 Å². The molecule has 1 atom stereocenters. The van der Waals surface area contributed by atoms with Gasteiger partial charge in [0.25, 0.3) is 0 Å². The molecule has 4 N–H and O–H groups in total. The Morgan fingerprint density at radius 1 is 1.90 bits per heavy atom. The Kier molecular flexibility index (Phi) is 4.82. The van der Waals surface area contributed by atoms with Crippen LogP contribution < -0.4 is 11.2 Å². The number of hydrogen-bond donors (Lipinski definition) is 3. The van der Waals surface area contributed by atoms with Crippen LogP contribution in [0.4, 0.5) is 0 Å². The molecule has 1 unspecified atom stereocenters. The zero-order valence-electron chi connectivity index (χ0n) is 5.83. The summed E-state index contributed by atoms with van der Waals surface area (Å²) in [4.78, 5) is 14.5. The monoisotopic (exact) mass is 148 g/mol. The van der Waals surface area contributed by atoms with E-state index in [4.69, 9.17) is 11.0 Å². The van der Waals surface area contributed by atoms with Crippen molar-refractivity contribution in [2.75, 3.05) is 13.2 Å². The third-order valence-electron chi connectivity index (χ3n) is 1.01. The first-order chi connectivity index (χ1) is 4.72. The summed E-state index contributed by atoms with van der Waals surface area (Å²) in [6.07, 6.45) is 0. The van der Waals surface area contributed by atoms with E-state index < -0.39 is 12.0 Å². The van der Waals surface area contributed by atoms with Crippen molar-refractivity contribution in [3.8, 4) is 0 Å². The highest BCUT2D eigenvalue weighted by molar-refractivity contribution is 5.73. The van der Waals surface area contributed by atoms with Crippen molar-refractivity contribution in [3.63, 3.8) is 0 Å². The van der Waals surface area contributed by atoms with E-state index in [1.54, 1.807) is 0 Å². The Hall–Kier alpha value is -0.650. The molecule has 0 aromatic carbocycles. The number of carboxylic acids is 1. The molecule has 0 amide bonds. The maximum absolute atomic E-state index is 10.3. The molecule has 0 saturated heterocycles. The van der Waals surface area contributed by atoms with Gasteiger partial charge in [0, 0.05) is 0 Å². The summed E-state index contributed by atoms with van der Waals surface area (Å²) < 4.78 is 0. The maximum atomic E-state index is 10.3. The highest BCUT2D eigenvalue weighted by Gasteiger charge is 2.14. The van der Waals surface area contributed by atoms with Gasteiger partial charge in [0.15, 0.2) is 0 Å². The van der Waals surface area contributed by atoms with Gasteiger partial charge in [0.2, 0.25) is 0 Å². The van der Waals surface area contributed by atoms with E-state index in [2.05, 4.69) is 10.2 Å². The van der Waals surface area contributed by atoms with Crippen LogP contribution >= 0.6 is 0 Å². The molecular formula is C5H12N2O3. The molecular weight excluding hydrogens is 136 g/mol. The van der Waals surface area contributed by atoms with Crippen LogP contribution in [0.1, 0.15) is 6.92 Å². The van der Waals surface area contributed by atoms with Crippen LogP contribution in [0.2, 0.25) is 0 Å². The SMILES string of the molecule is CCNC(CON)C(=O)O. The lowest BCUT2D eigenvalue weighted by molar-refractivity contribution is -0.141. The van der Waals surface area contributed by atoms with E-state index in [1.165, 1.54) is 0 Å². The summed E-state index contributed by atoms with van der Waals surface area (Å²) in [5.41, 5.74) is 0. The average molecular weight is 148 g/mol. The number of nitrogens with two attached hydrogens (primary N) is 1. The van der Waals surface area contributed by atoms with Crippen molar-refractivity contribution in [1.82, 2.24) is 5.32 Å². The molecule has 0 heterocycles. The molecule has 0 spiro atoms. The zero-order valence-corrected chi connectivity index (χ0v) is 5.83. The van der Waals surface area contributed by atoms with E-state index in [0.717, 1.165) is 0 Å². The first-order valence-corrected chi connectivity index (χ1v) is 3.00. The lowest BCUT2D eigenvalue weighted by Crippen LogP contribution is -2.41. The van der Waals surface area contributed by atoms with Crippen LogP contribution in [0.15, 0.2) is 0 Å². The Bertz CT molecular complexity index is 101. The Labute approximate surface area is 59.1 Å². The fourth-order valence-corrected chi connectivity index (χ4v) is 0.560. The molecule has 0 fully saturated rings. The molecule has 0 saturated carbocycles. The number of carbonyl (C=O) groups is 1. The number of likely N-dealkylation sites (N-methyl/N-ethyl adjacent to an activating group) is 1. The van der Waals surface area contributed by atoms with Crippen LogP contribution in [0.25, 0.3) is 0 Å². The largest absolute Gasteiger partial charge is 0.480 e. The second-order valence-electron chi connectivity index (χ2n) is 1.78. The maximum Gasteiger partial charge on any atom is 0.323 e. The summed E-state index contributed by atoms with van der Waals surface area (Å²) in [5.74, 6) is 3.74. The summed E-state index contributed by atoms with van der Waals surface area (Å²) in [6, 6.07) is -0.699. The van der Waals surface area contributed by atoms with Crippen LogP contribution in [0, 0.1) is 0 Å². The van der Waals surface area contributed by atoms with Gasteiger partial charge in [-0.25, -0.2) is 5.90 Å². The zero-order chi connectivity index (χ0) is 7.98. The minimum absolute atomic E-state index is 0.0107. The molecule has 0 aromatic heterocycles. The second-order valence-corrected chi connectivity index (χ2v) is 1.78. The Morgan fingerprint density at radius 2 is 2.50 bits per heavy atom. The summed E-state index contributed by atoms with van der Waals surface area (Å²) in [7, 11) is 0. The fraction of sp³-hybridized carbons (Fsp3) is 0.800.